The number of carbonyl (C=O) groups excluding carboxylic acids is 1. The van der Waals surface area contributed by atoms with Gasteiger partial charge in [-0.3, -0.25) is 9.63 Å². The third kappa shape index (κ3) is 4.38. The highest BCUT2D eigenvalue weighted by Gasteiger charge is 2.17. The van der Waals surface area contributed by atoms with Gasteiger partial charge in [0, 0.05) is 11.1 Å². The number of benzene rings is 2. The summed E-state index contributed by atoms with van der Waals surface area (Å²) in [7, 11) is 0. The van der Waals surface area contributed by atoms with Crippen LogP contribution in [0.3, 0.4) is 0 Å². The zero-order valence-corrected chi connectivity index (χ0v) is 12.8. The second-order valence-corrected chi connectivity index (χ2v) is 5.00. The standard InChI is InChI=1S/C15H12ClF3N2O3/c16-8-1-2-13(12(19)5-8)20-14-7-11(18)10(17)6-9(14)15(23)21-24-4-3-22/h1-2,5-7,20,22H,3-4H2,(H,21,23). The Bertz CT molecular complexity index is 759. The molecule has 0 aliphatic carbocycles. The van der Waals surface area contributed by atoms with E-state index in [1.54, 1.807) is 0 Å². The van der Waals surface area contributed by atoms with Gasteiger partial charge in [-0.25, -0.2) is 18.7 Å². The van der Waals surface area contributed by atoms with Crippen molar-refractivity contribution in [3.63, 3.8) is 0 Å². The molecule has 128 valence electrons. The number of amides is 1. The smallest absolute Gasteiger partial charge is 0.277 e. The van der Waals surface area contributed by atoms with E-state index in [1.165, 1.54) is 12.1 Å². The van der Waals surface area contributed by atoms with Crippen LogP contribution in [0, 0.1) is 17.5 Å². The minimum Gasteiger partial charge on any atom is -0.394 e. The molecule has 0 atom stereocenters. The van der Waals surface area contributed by atoms with Crippen LogP contribution >= 0.6 is 11.6 Å². The van der Waals surface area contributed by atoms with Gasteiger partial charge in [0.15, 0.2) is 11.6 Å². The van der Waals surface area contributed by atoms with Gasteiger partial charge in [0.1, 0.15) is 5.82 Å². The van der Waals surface area contributed by atoms with Crippen LogP contribution in [0.1, 0.15) is 10.4 Å². The number of halogens is 4. The summed E-state index contributed by atoms with van der Waals surface area (Å²) in [6.45, 7) is -0.539. The summed E-state index contributed by atoms with van der Waals surface area (Å²) in [5, 5.41) is 11.2. The number of anilines is 2. The number of aliphatic hydroxyl groups excluding tert-OH is 1. The van der Waals surface area contributed by atoms with E-state index in [9.17, 15) is 18.0 Å². The normalized spacial score (nSPS) is 10.5. The second kappa shape index (κ2) is 8.00. The van der Waals surface area contributed by atoms with Crippen LogP contribution in [0.4, 0.5) is 24.5 Å². The van der Waals surface area contributed by atoms with Gasteiger partial charge in [0.25, 0.3) is 5.91 Å². The van der Waals surface area contributed by atoms with Crippen LogP contribution in [0.2, 0.25) is 5.02 Å². The molecule has 5 nitrogen and oxygen atoms in total. The molecule has 0 spiro atoms. The Kier molecular flexibility index (Phi) is 6.02. The maximum absolute atomic E-state index is 13.8. The van der Waals surface area contributed by atoms with Gasteiger partial charge in [0.2, 0.25) is 0 Å². The molecule has 2 aromatic carbocycles. The van der Waals surface area contributed by atoms with Crippen molar-refractivity contribution >= 4 is 28.9 Å². The van der Waals surface area contributed by atoms with Crippen molar-refractivity contribution in [3.05, 3.63) is 58.4 Å². The molecular formula is C15H12ClF3N2O3. The van der Waals surface area contributed by atoms with E-state index < -0.39 is 23.4 Å². The van der Waals surface area contributed by atoms with Crippen molar-refractivity contribution in [2.45, 2.75) is 0 Å². The molecule has 24 heavy (non-hydrogen) atoms. The number of hydrogen-bond donors (Lipinski definition) is 3. The Morgan fingerprint density at radius 3 is 2.46 bits per heavy atom. The predicted molar refractivity (Wildman–Crippen MR) is 81.6 cm³/mol. The van der Waals surface area contributed by atoms with Gasteiger partial charge in [-0.1, -0.05) is 11.6 Å². The summed E-state index contributed by atoms with van der Waals surface area (Å²) in [4.78, 5) is 16.6. The molecule has 2 aromatic rings. The molecule has 0 saturated heterocycles. The minimum absolute atomic E-state index is 0.0873. The Morgan fingerprint density at radius 2 is 1.79 bits per heavy atom. The van der Waals surface area contributed by atoms with Gasteiger partial charge in [-0.2, -0.15) is 0 Å². The van der Waals surface area contributed by atoms with Crippen LogP contribution in [0.5, 0.6) is 0 Å². The Balaban J connectivity index is 2.33. The quantitative estimate of drug-likeness (QED) is 0.546. The first-order chi connectivity index (χ1) is 11.4. The lowest BCUT2D eigenvalue weighted by atomic mass is 10.1. The van der Waals surface area contributed by atoms with Crippen LogP contribution < -0.4 is 10.8 Å². The monoisotopic (exact) mass is 360 g/mol. The molecule has 0 heterocycles. The van der Waals surface area contributed by atoms with Gasteiger partial charge in [-0.05, 0) is 24.3 Å². The molecule has 9 heteroatoms. The van der Waals surface area contributed by atoms with E-state index >= 15 is 0 Å². The lowest BCUT2D eigenvalue weighted by molar-refractivity contribution is 0.0168. The van der Waals surface area contributed by atoms with Crippen molar-refractivity contribution in [1.82, 2.24) is 5.48 Å². The van der Waals surface area contributed by atoms with Crippen LogP contribution in [0.15, 0.2) is 30.3 Å². The van der Waals surface area contributed by atoms with E-state index in [0.29, 0.717) is 12.1 Å². The topological polar surface area (TPSA) is 70.6 Å². The molecule has 0 fully saturated rings. The van der Waals surface area contributed by atoms with E-state index in [2.05, 4.69) is 10.2 Å². The summed E-state index contributed by atoms with van der Waals surface area (Å²) in [6, 6.07) is 5.04. The second-order valence-electron chi connectivity index (χ2n) is 4.56. The summed E-state index contributed by atoms with van der Waals surface area (Å²) in [5.41, 5.74) is 1.37. The number of hydrogen-bond acceptors (Lipinski definition) is 4. The highest BCUT2D eigenvalue weighted by Crippen LogP contribution is 2.27. The molecule has 0 aliphatic heterocycles. The molecule has 0 radical (unpaired) electrons. The Labute approximate surface area is 140 Å². The number of hydroxylamine groups is 1. The minimum atomic E-state index is -1.26. The fourth-order valence-electron chi connectivity index (χ4n) is 1.79. The Hall–Kier alpha value is -2.29. The summed E-state index contributed by atoms with van der Waals surface area (Å²) in [5.74, 6) is -4.13. The molecule has 1 amide bonds. The molecule has 0 aliphatic rings. The summed E-state index contributed by atoms with van der Waals surface area (Å²) < 4.78 is 40.7. The molecule has 0 bridgehead atoms. The van der Waals surface area contributed by atoms with Gasteiger partial charge in [0.05, 0.1) is 30.2 Å². The number of nitrogens with one attached hydrogen (secondary N) is 2. The van der Waals surface area contributed by atoms with Crippen LogP contribution in [-0.2, 0) is 4.84 Å². The first-order valence-electron chi connectivity index (χ1n) is 6.66. The number of rotatable bonds is 6. The fourth-order valence-corrected chi connectivity index (χ4v) is 1.95. The lowest BCUT2D eigenvalue weighted by Crippen LogP contribution is -2.26. The predicted octanol–water partition coefficient (Wildman–Crippen LogP) is 3.15. The zero-order valence-electron chi connectivity index (χ0n) is 12.1. The lowest BCUT2D eigenvalue weighted by Gasteiger charge is -2.13. The van der Waals surface area contributed by atoms with E-state index in [1.807, 2.05) is 5.48 Å². The van der Waals surface area contributed by atoms with Crippen LogP contribution in [-0.4, -0.2) is 24.2 Å². The third-order valence-electron chi connectivity index (χ3n) is 2.86. The van der Waals surface area contributed by atoms with E-state index in [-0.39, 0.29) is 35.2 Å². The van der Waals surface area contributed by atoms with Crippen molar-refractivity contribution in [3.8, 4) is 0 Å². The molecule has 0 unspecified atom stereocenters. The largest absolute Gasteiger partial charge is 0.394 e. The Morgan fingerprint density at radius 1 is 1.08 bits per heavy atom. The van der Waals surface area contributed by atoms with E-state index in [0.717, 1.165) is 6.07 Å². The van der Waals surface area contributed by atoms with Gasteiger partial charge in [-0.15, -0.1) is 0 Å². The average Bonchev–Trinajstić information content (AvgIpc) is 2.53. The van der Waals surface area contributed by atoms with Crippen LogP contribution in [0.25, 0.3) is 0 Å². The van der Waals surface area contributed by atoms with Crippen molar-refractivity contribution < 1.29 is 27.9 Å². The number of aliphatic hydroxyl groups is 1. The zero-order chi connectivity index (χ0) is 17.7. The van der Waals surface area contributed by atoms with Gasteiger partial charge >= 0.3 is 0 Å². The maximum Gasteiger partial charge on any atom is 0.277 e. The first kappa shape index (κ1) is 18.1. The number of carbonyl (C=O) groups is 1. The summed E-state index contributed by atoms with van der Waals surface area (Å²) in [6.07, 6.45) is 0. The fraction of sp³-hybridized carbons (Fsp3) is 0.133. The maximum atomic E-state index is 13.8. The molecule has 0 aromatic heterocycles. The molecular weight excluding hydrogens is 349 g/mol. The first-order valence-corrected chi connectivity index (χ1v) is 7.04. The average molecular weight is 361 g/mol. The third-order valence-corrected chi connectivity index (χ3v) is 3.10. The highest BCUT2D eigenvalue weighted by molar-refractivity contribution is 6.30. The van der Waals surface area contributed by atoms with Gasteiger partial charge < -0.3 is 10.4 Å². The highest BCUT2D eigenvalue weighted by atomic mass is 35.5. The molecule has 3 N–H and O–H groups in total. The summed E-state index contributed by atoms with van der Waals surface area (Å²) >= 11 is 5.64. The van der Waals surface area contributed by atoms with E-state index in [4.69, 9.17) is 16.7 Å². The molecule has 0 saturated carbocycles. The molecule has 2 rings (SSSR count). The van der Waals surface area contributed by atoms with Crippen molar-refractivity contribution in [2.75, 3.05) is 18.5 Å². The van der Waals surface area contributed by atoms with Crippen molar-refractivity contribution in [1.29, 1.82) is 0 Å². The van der Waals surface area contributed by atoms with Crippen molar-refractivity contribution in [2.24, 2.45) is 0 Å². The SMILES string of the molecule is O=C(NOCCO)c1cc(F)c(F)cc1Nc1ccc(Cl)cc1F.